The first-order valence-corrected chi connectivity index (χ1v) is 10.3. The quantitative estimate of drug-likeness (QED) is 0.357. The number of amides is 1. The highest BCUT2D eigenvalue weighted by atomic mass is 32.1. The Morgan fingerprint density at radius 3 is 2.79 bits per heavy atom. The van der Waals surface area contributed by atoms with Gasteiger partial charge in [0.05, 0.1) is 10.6 Å². The fourth-order valence-corrected chi connectivity index (χ4v) is 4.14. The first kappa shape index (κ1) is 19.0. The molecule has 3 aromatic rings. The maximum absolute atomic E-state index is 12.2. The number of nitrogens with zero attached hydrogens (tertiary/aromatic N) is 2. The number of hydrogen-bond acceptors (Lipinski definition) is 5. The van der Waals surface area contributed by atoms with Crippen molar-refractivity contribution < 1.29 is 9.72 Å². The smallest absolute Gasteiger partial charge is 0.270 e. The highest BCUT2D eigenvalue weighted by Crippen LogP contribution is 2.29. The van der Waals surface area contributed by atoms with E-state index in [1.165, 1.54) is 53.5 Å². The summed E-state index contributed by atoms with van der Waals surface area (Å²) in [4.78, 5) is 27.1. The van der Waals surface area contributed by atoms with Gasteiger partial charge in [-0.3, -0.25) is 20.2 Å². The molecule has 0 radical (unpaired) electrons. The van der Waals surface area contributed by atoms with Gasteiger partial charge in [-0.2, -0.15) is 0 Å². The summed E-state index contributed by atoms with van der Waals surface area (Å²) in [5, 5.41) is 16.0. The molecular formula is C22H19N3O3S. The van der Waals surface area contributed by atoms with Crippen molar-refractivity contribution in [3.8, 4) is 11.3 Å². The lowest BCUT2D eigenvalue weighted by Gasteiger charge is -2.16. The molecule has 7 heteroatoms. The number of nitrogens with one attached hydrogen (secondary N) is 1. The Bertz CT molecular complexity index is 1100. The molecule has 0 atom stereocenters. The molecule has 1 amide bonds. The second kappa shape index (κ2) is 8.36. The van der Waals surface area contributed by atoms with Crippen molar-refractivity contribution in [2.24, 2.45) is 0 Å². The normalized spacial score (nSPS) is 13.2. The molecule has 2 aromatic carbocycles. The minimum absolute atomic E-state index is 0.0119. The third kappa shape index (κ3) is 4.57. The van der Waals surface area contributed by atoms with Gasteiger partial charge in [0.1, 0.15) is 0 Å². The van der Waals surface area contributed by atoms with Crippen LogP contribution in [0.4, 0.5) is 10.8 Å². The number of nitro benzene ring substituents is 1. The zero-order chi connectivity index (χ0) is 20.2. The Labute approximate surface area is 172 Å². The zero-order valence-electron chi connectivity index (χ0n) is 15.6. The number of fused-ring (bicyclic) bond motifs is 1. The summed E-state index contributed by atoms with van der Waals surface area (Å²) in [6.07, 6.45) is 7.62. The van der Waals surface area contributed by atoms with Crippen molar-refractivity contribution in [1.82, 2.24) is 4.98 Å². The largest absolute Gasteiger partial charge is 0.298 e. The van der Waals surface area contributed by atoms with E-state index < -0.39 is 4.92 Å². The molecule has 0 aliphatic heterocycles. The first-order valence-electron chi connectivity index (χ1n) is 9.40. The summed E-state index contributed by atoms with van der Waals surface area (Å²) < 4.78 is 0. The lowest BCUT2D eigenvalue weighted by atomic mass is 9.90. The van der Waals surface area contributed by atoms with E-state index in [9.17, 15) is 14.9 Å². The van der Waals surface area contributed by atoms with Crippen LogP contribution in [0.3, 0.4) is 0 Å². The predicted octanol–water partition coefficient (Wildman–Crippen LogP) is 5.25. The predicted molar refractivity (Wildman–Crippen MR) is 115 cm³/mol. The lowest BCUT2D eigenvalue weighted by Crippen LogP contribution is -2.07. The molecule has 0 saturated heterocycles. The molecule has 29 heavy (non-hydrogen) atoms. The van der Waals surface area contributed by atoms with Crippen molar-refractivity contribution in [3.63, 3.8) is 0 Å². The third-order valence-corrected chi connectivity index (χ3v) is 5.64. The Morgan fingerprint density at radius 1 is 1.14 bits per heavy atom. The molecule has 0 fully saturated rings. The van der Waals surface area contributed by atoms with E-state index in [4.69, 9.17) is 0 Å². The molecule has 0 unspecified atom stereocenters. The minimum Gasteiger partial charge on any atom is -0.298 e. The van der Waals surface area contributed by atoms with Gasteiger partial charge in [-0.1, -0.05) is 24.3 Å². The molecule has 1 N–H and O–H groups in total. The average molecular weight is 405 g/mol. The number of nitro groups is 1. The van der Waals surface area contributed by atoms with Crippen molar-refractivity contribution in [2.75, 3.05) is 5.32 Å². The summed E-state index contributed by atoms with van der Waals surface area (Å²) in [6, 6.07) is 12.6. The van der Waals surface area contributed by atoms with Crippen LogP contribution in [0.25, 0.3) is 17.3 Å². The Kier molecular flexibility index (Phi) is 5.48. The number of hydrogen-bond donors (Lipinski definition) is 1. The molecule has 0 spiro atoms. The van der Waals surface area contributed by atoms with Crippen LogP contribution in [0.2, 0.25) is 0 Å². The van der Waals surface area contributed by atoms with E-state index in [1.54, 1.807) is 18.2 Å². The fraction of sp³-hybridized carbons (Fsp3) is 0.182. The van der Waals surface area contributed by atoms with Crippen molar-refractivity contribution in [3.05, 3.63) is 80.7 Å². The number of non-ortho nitro benzene ring substituents is 1. The van der Waals surface area contributed by atoms with Crippen LogP contribution in [0.1, 0.15) is 29.5 Å². The number of thiazole rings is 1. The van der Waals surface area contributed by atoms with E-state index in [-0.39, 0.29) is 11.6 Å². The number of carbonyl (C=O) groups is 1. The number of aryl methyl sites for hydroxylation is 2. The van der Waals surface area contributed by atoms with E-state index in [1.807, 2.05) is 5.38 Å². The van der Waals surface area contributed by atoms with Gasteiger partial charge in [-0.05, 0) is 54.5 Å². The van der Waals surface area contributed by atoms with Crippen molar-refractivity contribution in [1.29, 1.82) is 0 Å². The van der Waals surface area contributed by atoms with Crippen LogP contribution in [-0.4, -0.2) is 15.8 Å². The Morgan fingerprint density at radius 2 is 1.97 bits per heavy atom. The fourth-order valence-electron chi connectivity index (χ4n) is 3.42. The highest BCUT2D eigenvalue weighted by Gasteiger charge is 2.12. The Balaban J connectivity index is 1.43. The number of carbonyl (C=O) groups excluding carboxylic acids is 1. The summed E-state index contributed by atoms with van der Waals surface area (Å²) >= 11 is 1.37. The average Bonchev–Trinajstić information content (AvgIpc) is 3.20. The molecule has 1 heterocycles. The molecule has 0 saturated carbocycles. The Hall–Kier alpha value is -3.32. The monoisotopic (exact) mass is 405 g/mol. The van der Waals surface area contributed by atoms with Gasteiger partial charge in [0.2, 0.25) is 5.91 Å². The highest BCUT2D eigenvalue weighted by molar-refractivity contribution is 7.14. The first-order chi connectivity index (χ1) is 14.1. The van der Waals surface area contributed by atoms with Gasteiger partial charge >= 0.3 is 0 Å². The lowest BCUT2D eigenvalue weighted by molar-refractivity contribution is -0.384. The van der Waals surface area contributed by atoms with Gasteiger partial charge < -0.3 is 0 Å². The maximum Gasteiger partial charge on any atom is 0.270 e. The maximum atomic E-state index is 12.2. The van der Waals surface area contributed by atoms with Crippen molar-refractivity contribution >= 4 is 34.1 Å². The second-order valence-electron chi connectivity index (χ2n) is 6.90. The summed E-state index contributed by atoms with van der Waals surface area (Å²) in [7, 11) is 0. The SMILES string of the molecule is O=C(/C=C/c1cccc([N+](=O)[O-])c1)Nc1nc(-c2ccc3c(c2)CCCC3)cs1. The summed E-state index contributed by atoms with van der Waals surface area (Å²) in [5.41, 5.74) is 5.31. The van der Waals surface area contributed by atoms with E-state index in [2.05, 4.69) is 28.5 Å². The molecule has 0 bridgehead atoms. The minimum atomic E-state index is -0.463. The third-order valence-electron chi connectivity index (χ3n) is 4.89. The topological polar surface area (TPSA) is 85.1 Å². The van der Waals surface area contributed by atoms with Gasteiger partial charge in [0, 0.05) is 29.2 Å². The van der Waals surface area contributed by atoms with Gasteiger partial charge in [0.15, 0.2) is 5.13 Å². The van der Waals surface area contributed by atoms with Gasteiger partial charge in [-0.15, -0.1) is 11.3 Å². The van der Waals surface area contributed by atoms with E-state index in [0.717, 1.165) is 24.1 Å². The van der Waals surface area contributed by atoms with Crippen LogP contribution < -0.4 is 5.32 Å². The standard InChI is InChI=1S/C22H19N3O3S/c26-21(11-8-15-4-3-7-19(12-15)25(27)28)24-22-23-20(14-29-22)18-10-9-16-5-1-2-6-17(16)13-18/h3-4,7-14H,1-2,5-6H2,(H,23,24,26)/b11-8+. The van der Waals surface area contributed by atoms with Crippen LogP contribution in [0.15, 0.2) is 53.9 Å². The summed E-state index contributed by atoms with van der Waals surface area (Å²) in [6.45, 7) is 0. The van der Waals surface area contributed by atoms with Crippen LogP contribution >= 0.6 is 11.3 Å². The number of benzene rings is 2. The van der Waals surface area contributed by atoms with Gasteiger partial charge in [-0.25, -0.2) is 4.98 Å². The summed E-state index contributed by atoms with van der Waals surface area (Å²) in [5.74, 6) is -0.331. The second-order valence-corrected chi connectivity index (χ2v) is 7.76. The molecular weight excluding hydrogens is 386 g/mol. The molecule has 1 aromatic heterocycles. The van der Waals surface area contributed by atoms with Crippen LogP contribution in [0.5, 0.6) is 0 Å². The number of anilines is 1. The molecule has 4 rings (SSSR count). The van der Waals surface area contributed by atoms with Crippen molar-refractivity contribution in [2.45, 2.75) is 25.7 Å². The molecule has 1 aliphatic rings. The number of aromatic nitrogens is 1. The van der Waals surface area contributed by atoms with Crippen LogP contribution in [-0.2, 0) is 17.6 Å². The molecule has 146 valence electrons. The zero-order valence-corrected chi connectivity index (χ0v) is 16.4. The molecule has 6 nitrogen and oxygen atoms in total. The van der Waals surface area contributed by atoms with Gasteiger partial charge in [0.25, 0.3) is 5.69 Å². The van der Waals surface area contributed by atoms with E-state index in [0.29, 0.717) is 10.7 Å². The molecule has 1 aliphatic carbocycles. The van der Waals surface area contributed by atoms with E-state index >= 15 is 0 Å². The van der Waals surface area contributed by atoms with Crippen LogP contribution in [0, 0.1) is 10.1 Å². The number of rotatable bonds is 5.